The highest BCUT2D eigenvalue weighted by Gasteiger charge is 2.74. The van der Waals surface area contributed by atoms with E-state index in [0.29, 0.717) is 51.4 Å². The van der Waals surface area contributed by atoms with E-state index in [2.05, 4.69) is 20.8 Å². The van der Waals surface area contributed by atoms with Gasteiger partial charge in [0, 0.05) is 5.41 Å². The van der Waals surface area contributed by atoms with Gasteiger partial charge >= 0.3 is 5.97 Å². The van der Waals surface area contributed by atoms with Gasteiger partial charge in [-0.3, -0.25) is 4.79 Å². The summed E-state index contributed by atoms with van der Waals surface area (Å²) < 4.78 is 59.4. The third kappa shape index (κ3) is 11.1. The lowest BCUT2D eigenvalue weighted by Gasteiger charge is -2.73. The Morgan fingerprint density at radius 2 is 1.12 bits per heavy atom. The zero-order valence-electron chi connectivity index (χ0n) is 50.4. The summed E-state index contributed by atoms with van der Waals surface area (Å²) in [6.45, 7) is 13.4. The van der Waals surface area contributed by atoms with Gasteiger partial charge in [0.25, 0.3) is 0 Å². The number of hydrogen-bond donors (Lipinski definition) is 16. The first-order chi connectivity index (χ1) is 40.2. The number of ether oxygens (including phenoxy) is 10. The molecule has 5 saturated carbocycles. The maximum atomic E-state index is 15.3. The molecule has 0 unspecified atom stereocenters. The van der Waals surface area contributed by atoms with Crippen molar-refractivity contribution < 1.29 is 134 Å². The van der Waals surface area contributed by atoms with Gasteiger partial charge in [-0.05, 0) is 138 Å². The molecule has 5 saturated heterocycles. The number of esters is 1. The van der Waals surface area contributed by atoms with Crippen molar-refractivity contribution in [3.8, 4) is 0 Å². The van der Waals surface area contributed by atoms with E-state index in [9.17, 15) is 81.7 Å². The maximum absolute atomic E-state index is 15.3. The molecule has 0 aromatic carbocycles. The molecule has 16 N–H and O–H groups in total. The number of hydrogen-bond acceptors (Lipinski definition) is 27. The molecule has 86 heavy (non-hydrogen) atoms. The van der Waals surface area contributed by atoms with Gasteiger partial charge in [-0.1, -0.05) is 27.7 Å². The van der Waals surface area contributed by atoms with Crippen molar-refractivity contribution in [1.82, 2.24) is 0 Å². The molecule has 35 atom stereocenters. The van der Waals surface area contributed by atoms with E-state index >= 15 is 4.79 Å². The summed E-state index contributed by atoms with van der Waals surface area (Å²) in [6.07, 6.45) is -32.7. The molecule has 27 heteroatoms. The molecule has 0 aromatic rings. The van der Waals surface area contributed by atoms with Crippen LogP contribution < -0.4 is 0 Å². The van der Waals surface area contributed by atoms with Gasteiger partial charge in [0.15, 0.2) is 25.2 Å². The first-order valence-corrected chi connectivity index (χ1v) is 31.1. The smallest absolute Gasteiger partial charge is 0.314 e. The number of aliphatic hydroxyl groups excluding tert-OH is 15. The third-order valence-corrected chi connectivity index (χ3v) is 23.9. The Hall–Kier alpha value is -1.53. The van der Waals surface area contributed by atoms with Crippen molar-refractivity contribution in [3.63, 3.8) is 0 Å². The minimum absolute atomic E-state index is 0.0822. The summed E-state index contributed by atoms with van der Waals surface area (Å²) in [5.74, 6) is -1.52. The number of rotatable bonds is 14. The monoisotopic (exact) mass is 1240 g/mol. The molecular weight excluding hydrogens is 1140 g/mol. The van der Waals surface area contributed by atoms with Crippen molar-refractivity contribution >= 4 is 5.97 Å². The van der Waals surface area contributed by atoms with Crippen LogP contribution in [0.15, 0.2) is 0 Å². The van der Waals surface area contributed by atoms with Crippen LogP contribution in [0.3, 0.4) is 0 Å². The van der Waals surface area contributed by atoms with Crippen LogP contribution in [0, 0.1) is 56.7 Å². The molecule has 0 amide bonds. The van der Waals surface area contributed by atoms with Crippen LogP contribution in [0.4, 0.5) is 0 Å². The minimum atomic E-state index is -1.94. The number of carbonyl (C=O) groups is 1. The summed E-state index contributed by atoms with van der Waals surface area (Å²) >= 11 is 0. The molecule has 10 fully saturated rings. The molecule has 0 spiro atoms. The topological polar surface area (TPSA) is 433 Å². The van der Waals surface area contributed by atoms with Gasteiger partial charge in [0.2, 0.25) is 6.29 Å². The summed E-state index contributed by atoms with van der Waals surface area (Å²) in [5.41, 5.74) is -4.31. The summed E-state index contributed by atoms with van der Waals surface area (Å²) in [5, 5.41) is 175. The summed E-state index contributed by atoms with van der Waals surface area (Å²) in [6, 6.07) is 0. The normalized spacial score (nSPS) is 56.0. The van der Waals surface area contributed by atoms with E-state index in [1.165, 1.54) is 13.8 Å². The molecule has 496 valence electrons. The van der Waals surface area contributed by atoms with Crippen LogP contribution in [0.5, 0.6) is 0 Å². The molecule has 5 aliphatic carbocycles. The van der Waals surface area contributed by atoms with Crippen LogP contribution in [0.25, 0.3) is 0 Å². The fraction of sp³-hybridized carbons (Fsp3) is 0.983. The van der Waals surface area contributed by atoms with Crippen molar-refractivity contribution in [2.45, 2.75) is 279 Å². The van der Waals surface area contributed by atoms with E-state index in [-0.39, 0.29) is 53.1 Å². The SMILES string of the molecule is C[C@@H]1O[C@H](O[C@@H]2[C@@H](O[C@H]3CC[C@]4(C)[C@@H](CC[C@]5(C)[C@@H]4CC[C@@H]4[C@@H]6[C@@H](C(C)(C)O)CC[C@]6(C(=O)O[C@H]6O[C@@H](CO[C@H]7O[C@@H](CO)[C@H](O[C@H]8O[C@@H](C)[C@H](O)[C@@H](O)[C@@H]8O)[C@@H](O)[C@@H]7O)[C@H](O)[C@@H](O)[C@@H]6O)CC[C@]45C)[C@]3(C)CO)OC[C@H](O)[C@H]2O)[C@@H](O)[C@H](O)[C@H]1O. The highest BCUT2D eigenvalue weighted by atomic mass is 16.8. The Morgan fingerprint density at radius 3 is 1.72 bits per heavy atom. The Morgan fingerprint density at radius 1 is 0.535 bits per heavy atom. The van der Waals surface area contributed by atoms with Crippen molar-refractivity contribution in [2.75, 3.05) is 26.4 Å². The van der Waals surface area contributed by atoms with Gasteiger partial charge in [0.05, 0.1) is 55.8 Å². The van der Waals surface area contributed by atoms with Gasteiger partial charge in [-0.15, -0.1) is 0 Å². The van der Waals surface area contributed by atoms with E-state index in [1.54, 1.807) is 13.8 Å². The lowest BCUT2D eigenvalue weighted by molar-refractivity contribution is -0.366. The van der Waals surface area contributed by atoms with Crippen LogP contribution in [-0.4, -0.2) is 273 Å². The van der Waals surface area contributed by atoms with Crippen LogP contribution >= 0.6 is 0 Å². The van der Waals surface area contributed by atoms with Gasteiger partial charge in [-0.2, -0.15) is 0 Å². The number of fused-ring (bicyclic) bond motifs is 7. The predicted molar refractivity (Wildman–Crippen MR) is 289 cm³/mol. The molecule has 0 radical (unpaired) electrons. The van der Waals surface area contributed by atoms with Gasteiger partial charge in [0.1, 0.15) is 104 Å². The molecular formula is C59H98O27. The Bertz CT molecular complexity index is 2330. The molecule has 0 bridgehead atoms. The second-order valence-corrected chi connectivity index (χ2v) is 28.8. The lowest BCUT2D eigenvalue weighted by Crippen LogP contribution is -2.69. The Kier molecular flexibility index (Phi) is 19.4. The van der Waals surface area contributed by atoms with Crippen molar-refractivity contribution in [3.05, 3.63) is 0 Å². The predicted octanol–water partition coefficient (Wildman–Crippen LogP) is -3.49. The Labute approximate surface area is 500 Å². The number of aliphatic hydroxyl groups is 16. The highest BCUT2D eigenvalue weighted by Crippen LogP contribution is 2.78. The quantitative estimate of drug-likeness (QED) is 0.0593. The average molecular weight is 1240 g/mol. The van der Waals surface area contributed by atoms with E-state index < -0.39 is 195 Å². The zero-order valence-corrected chi connectivity index (χ0v) is 50.4. The van der Waals surface area contributed by atoms with Crippen LogP contribution in [-0.2, 0) is 52.2 Å². The van der Waals surface area contributed by atoms with Gasteiger partial charge < -0.3 is 129 Å². The molecule has 0 aromatic heterocycles. The maximum Gasteiger partial charge on any atom is 0.314 e. The molecule has 5 aliphatic heterocycles. The van der Waals surface area contributed by atoms with E-state index in [4.69, 9.17) is 47.4 Å². The molecule has 27 nitrogen and oxygen atoms in total. The van der Waals surface area contributed by atoms with Crippen LogP contribution in [0.1, 0.15) is 120 Å². The minimum Gasteiger partial charge on any atom is -0.432 e. The van der Waals surface area contributed by atoms with Gasteiger partial charge in [-0.25, -0.2) is 0 Å². The number of carbonyl (C=O) groups excluding carboxylic acids is 1. The highest BCUT2D eigenvalue weighted by molar-refractivity contribution is 5.78. The largest absolute Gasteiger partial charge is 0.432 e. The van der Waals surface area contributed by atoms with Crippen LogP contribution in [0.2, 0.25) is 0 Å². The second kappa shape index (κ2) is 24.7. The van der Waals surface area contributed by atoms with E-state index in [0.717, 1.165) is 12.8 Å². The zero-order chi connectivity index (χ0) is 62.9. The van der Waals surface area contributed by atoms with Crippen molar-refractivity contribution in [1.29, 1.82) is 0 Å². The Balaban J connectivity index is 0.829. The summed E-state index contributed by atoms with van der Waals surface area (Å²) in [7, 11) is 0. The molecule has 10 aliphatic rings. The fourth-order valence-corrected chi connectivity index (χ4v) is 18.6. The first-order valence-electron chi connectivity index (χ1n) is 31.1. The third-order valence-electron chi connectivity index (χ3n) is 23.9. The second-order valence-electron chi connectivity index (χ2n) is 28.8. The first kappa shape index (κ1) is 67.4. The standard InChI is InChI=1S/C59H98O27/c1-23-34(63)38(67)42(71)49(79-23)84-46-28(19-60)81-48(45(74)41(46)70)78-21-29-37(66)40(69)44(73)51(82-29)86-53(75)59-16-11-25(54(3,4)76)33(59)26-9-10-31-55(5)14-13-32(56(6,22-61)30(55)12-15-58(31,8)57(26,7)17-18-59)83-52-47(36(65)27(62)20-77-52)85-50-43(72)39(68)35(64)24(2)80-50/h23-52,60-74,76H,9-22H2,1-8H3/t23-,24-,25-,26+,27-,28-,29-,30+,31+,32-,33-,34-,35-,36+,37-,38+,39+,40+,41-,42-,43-,44-,45-,46-,47-,48-,49+,50+,51+,52+,55+,56-,57+,58+,59-/m0/s1. The average Bonchev–Trinajstić information content (AvgIpc) is 1.04. The fourth-order valence-electron chi connectivity index (χ4n) is 18.6. The molecule has 10 rings (SSSR count). The summed E-state index contributed by atoms with van der Waals surface area (Å²) in [4.78, 5) is 15.3. The molecule has 5 heterocycles. The van der Waals surface area contributed by atoms with Crippen molar-refractivity contribution in [2.24, 2.45) is 56.7 Å². The van der Waals surface area contributed by atoms with E-state index in [1.807, 2.05) is 6.92 Å². The lowest BCUT2D eigenvalue weighted by atomic mass is 9.32.